The Morgan fingerprint density at radius 3 is 2.30 bits per heavy atom. The topological polar surface area (TPSA) is 57.5 Å². The number of carbonyl (C=O) groups excluding carboxylic acids is 1. The first-order chi connectivity index (χ1) is 9.49. The number of benzene rings is 2. The average molecular weight is 278 g/mol. The summed E-state index contributed by atoms with van der Waals surface area (Å²) in [5.41, 5.74) is 0.506. The third-order valence-corrected chi connectivity index (χ3v) is 2.95. The highest BCUT2D eigenvalue weighted by Crippen LogP contribution is 2.30. The van der Waals surface area contributed by atoms with Crippen LogP contribution in [0.5, 0.6) is 11.5 Å². The predicted octanol–water partition coefficient (Wildman–Crippen LogP) is 2.90. The summed E-state index contributed by atoms with van der Waals surface area (Å²) in [7, 11) is 0. The molecule has 0 aromatic heterocycles. The SMILES string of the molecule is O=CC(Cc1cc(F)cc(F)c1)c1cc(O)ccc1O. The Labute approximate surface area is 114 Å². The summed E-state index contributed by atoms with van der Waals surface area (Å²) in [6, 6.07) is 6.78. The Morgan fingerprint density at radius 1 is 1.05 bits per heavy atom. The molecule has 5 heteroatoms. The van der Waals surface area contributed by atoms with Crippen molar-refractivity contribution in [2.24, 2.45) is 0 Å². The van der Waals surface area contributed by atoms with Gasteiger partial charge in [0.25, 0.3) is 0 Å². The molecule has 0 aliphatic carbocycles. The number of aldehydes is 1. The van der Waals surface area contributed by atoms with E-state index in [1.165, 1.54) is 18.2 Å². The largest absolute Gasteiger partial charge is 0.508 e. The molecule has 2 rings (SSSR count). The number of halogens is 2. The summed E-state index contributed by atoms with van der Waals surface area (Å²) in [4.78, 5) is 11.2. The molecule has 3 nitrogen and oxygen atoms in total. The van der Waals surface area contributed by atoms with Gasteiger partial charge in [0.1, 0.15) is 29.4 Å². The van der Waals surface area contributed by atoms with E-state index in [2.05, 4.69) is 0 Å². The third kappa shape index (κ3) is 3.12. The lowest BCUT2D eigenvalue weighted by atomic mass is 9.92. The zero-order valence-corrected chi connectivity index (χ0v) is 10.4. The van der Waals surface area contributed by atoms with Gasteiger partial charge in [-0.15, -0.1) is 0 Å². The first-order valence-electron chi connectivity index (χ1n) is 5.91. The van der Waals surface area contributed by atoms with Crippen LogP contribution in [0.2, 0.25) is 0 Å². The van der Waals surface area contributed by atoms with Crippen molar-refractivity contribution >= 4 is 6.29 Å². The summed E-state index contributed by atoms with van der Waals surface area (Å²) in [6.45, 7) is 0. The average Bonchev–Trinajstić information content (AvgIpc) is 2.38. The van der Waals surface area contributed by atoms with Crippen molar-refractivity contribution in [3.63, 3.8) is 0 Å². The van der Waals surface area contributed by atoms with Crippen molar-refractivity contribution in [3.8, 4) is 11.5 Å². The number of phenolic OH excluding ortho intramolecular Hbond substituents is 2. The first-order valence-corrected chi connectivity index (χ1v) is 5.91. The van der Waals surface area contributed by atoms with Crippen molar-refractivity contribution in [1.82, 2.24) is 0 Å². The van der Waals surface area contributed by atoms with Crippen LogP contribution in [0.15, 0.2) is 36.4 Å². The third-order valence-electron chi connectivity index (χ3n) is 2.95. The Hall–Kier alpha value is -2.43. The van der Waals surface area contributed by atoms with Crippen LogP contribution >= 0.6 is 0 Å². The quantitative estimate of drug-likeness (QED) is 0.668. The summed E-state index contributed by atoms with van der Waals surface area (Å²) in [5.74, 6) is -2.52. The summed E-state index contributed by atoms with van der Waals surface area (Å²) >= 11 is 0. The molecule has 1 atom stereocenters. The molecule has 0 saturated carbocycles. The van der Waals surface area contributed by atoms with E-state index in [1.807, 2.05) is 0 Å². The number of phenols is 2. The van der Waals surface area contributed by atoms with Crippen LogP contribution in [0.1, 0.15) is 17.0 Å². The van der Waals surface area contributed by atoms with Crippen LogP contribution in [-0.2, 0) is 11.2 Å². The zero-order valence-electron chi connectivity index (χ0n) is 10.4. The monoisotopic (exact) mass is 278 g/mol. The molecule has 0 fully saturated rings. The number of aromatic hydroxyl groups is 2. The Balaban J connectivity index is 2.33. The lowest BCUT2D eigenvalue weighted by Crippen LogP contribution is -2.05. The highest BCUT2D eigenvalue weighted by Gasteiger charge is 2.17. The number of hydrogen-bond acceptors (Lipinski definition) is 3. The molecule has 0 amide bonds. The fourth-order valence-electron chi connectivity index (χ4n) is 2.05. The molecule has 2 aromatic carbocycles. The fraction of sp³-hybridized carbons (Fsp3) is 0.133. The van der Waals surface area contributed by atoms with Crippen molar-refractivity contribution < 1.29 is 23.8 Å². The van der Waals surface area contributed by atoms with Crippen molar-refractivity contribution in [1.29, 1.82) is 0 Å². The maximum absolute atomic E-state index is 13.1. The van der Waals surface area contributed by atoms with Gasteiger partial charge in [0.2, 0.25) is 0 Å². The zero-order chi connectivity index (χ0) is 14.7. The molecule has 20 heavy (non-hydrogen) atoms. The molecule has 0 heterocycles. The minimum absolute atomic E-state index is 0.0230. The maximum Gasteiger partial charge on any atom is 0.127 e. The number of hydrogen-bond donors (Lipinski definition) is 2. The second kappa shape index (κ2) is 5.69. The second-order valence-electron chi connectivity index (χ2n) is 4.47. The standard InChI is InChI=1S/C15H12F2O3/c16-11-4-9(5-12(17)6-11)3-10(8-18)14-7-13(19)1-2-15(14)20/h1-2,4-8,10,19-20H,3H2. The smallest absolute Gasteiger partial charge is 0.127 e. The van der Waals surface area contributed by atoms with E-state index in [1.54, 1.807) is 0 Å². The summed E-state index contributed by atoms with van der Waals surface area (Å²) in [5, 5.41) is 19.1. The van der Waals surface area contributed by atoms with Crippen LogP contribution in [-0.4, -0.2) is 16.5 Å². The minimum Gasteiger partial charge on any atom is -0.508 e. The molecule has 1 unspecified atom stereocenters. The molecule has 0 aliphatic rings. The summed E-state index contributed by atoms with van der Waals surface area (Å²) < 4.78 is 26.2. The molecule has 104 valence electrons. The molecule has 0 saturated heterocycles. The van der Waals surface area contributed by atoms with Gasteiger partial charge >= 0.3 is 0 Å². The van der Waals surface area contributed by atoms with E-state index in [0.29, 0.717) is 11.8 Å². The van der Waals surface area contributed by atoms with Gasteiger partial charge in [-0.05, 0) is 42.3 Å². The molecular weight excluding hydrogens is 266 g/mol. The first kappa shape index (κ1) is 14.0. The minimum atomic E-state index is -0.803. The van der Waals surface area contributed by atoms with Gasteiger partial charge in [-0.3, -0.25) is 0 Å². The molecule has 0 bridgehead atoms. The van der Waals surface area contributed by atoms with E-state index in [4.69, 9.17) is 0 Å². The van der Waals surface area contributed by atoms with Crippen LogP contribution in [0.25, 0.3) is 0 Å². The second-order valence-corrected chi connectivity index (χ2v) is 4.47. The Morgan fingerprint density at radius 2 is 1.70 bits per heavy atom. The summed E-state index contributed by atoms with van der Waals surface area (Å²) in [6.07, 6.45) is 0.590. The van der Waals surface area contributed by atoms with Crippen LogP contribution in [0.4, 0.5) is 8.78 Å². The highest BCUT2D eigenvalue weighted by atomic mass is 19.1. The van der Waals surface area contributed by atoms with Crippen molar-refractivity contribution in [2.75, 3.05) is 0 Å². The van der Waals surface area contributed by atoms with Gasteiger partial charge in [0, 0.05) is 17.5 Å². The fourth-order valence-corrected chi connectivity index (χ4v) is 2.05. The molecule has 0 radical (unpaired) electrons. The van der Waals surface area contributed by atoms with Gasteiger partial charge in [-0.2, -0.15) is 0 Å². The highest BCUT2D eigenvalue weighted by molar-refractivity contribution is 5.65. The van der Waals surface area contributed by atoms with E-state index in [9.17, 15) is 23.8 Å². The normalized spacial score (nSPS) is 12.1. The van der Waals surface area contributed by atoms with Crippen LogP contribution < -0.4 is 0 Å². The van der Waals surface area contributed by atoms with E-state index in [0.717, 1.165) is 18.2 Å². The van der Waals surface area contributed by atoms with Crippen molar-refractivity contribution in [2.45, 2.75) is 12.3 Å². The van der Waals surface area contributed by atoms with Gasteiger partial charge in [0.15, 0.2) is 0 Å². The number of rotatable bonds is 4. The lowest BCUT2D eigenvalue weighted by Gasteiger charge is -2.13. The molecule has 2 aromatic rings. The Bertz CT molecular complexity index is 621. The van der Waals surface area contributed by atoms with Crippen LogP contribution in [0.3, 0.4) is 0 Å². The van der Waals surface area contributed by atoms with Crippen molar-refractivity contribution in [3.05, 3.63) is 59.2 Å². The lowest BCUT2D eigenvalue weighted by molar-refractivity contribution is -0.109. The maximum atomic E-state index is 13.1. The van der Waals surface area contributed by atoms with E-state index in [-0.39, 0.29) is 23.5 Å². The number of carbonyl (C=O) groups is 1. The van der Waals surface area contributed by atoms with Gasteiger partial charge in [0.05, 0.1) is 0 Å². The molecule has 2 N–H and O–H groups in total. The Kier molecular flexibility index (Phi) is 3.98. The van der Waals surface area contributed by atoms with Gasteiger partial charge in [-0.25, -0.2) is 8.78 Å². The van der Waals surface area contributed by atoms with Crippen LogP contribution in [0, 0.1) is 11.6 Å². The molecule has 0 aliphatic heterocycles. The van der Waals surface area contributed by atoms with E-state index < -0.39 is 17.6 Å². The molecule has 0 spiro atoms. The van der Waals surface area contributed by atoms with Gasteiger partial charge in [-0.1, -0.05) is 0 Å². The van der Waals surface area contributed by atoms with Gasteiger partial charge < -0.3 is 15.0 Å². The predicted molar refractivity (Wildman–Crippen MR) is 68.6 cm³/mol. The molecular formula is C15H12F2O3. The van der Waals surface area contributed by atoms with E-state index >= 15 is 0 Å².